The maximum absolute atomic E-state index is 6.59. The van der Waals surface area contributed by atoms with Gasteiger partial charge in [0.05, 0.1) is 6.61 Å². The van der Waals surface area contributed by atoms with Crippen LogP contribution in [0.3, 0.4) is 0 Å². The molecule has 0 unspecified atom stereocenters. The van der Waals surface area contributed by atoms with Crippen molar-refractivity contribution < 1.29 is 4.74 Å². The minimum absolute atomic E-state index is 0.273. The van der Waals surface area contributed by atoms with Gasteiger partial charge in [0.25, 0.3) is 0 Å². The number of benzene rings is 1. The molecule has 0 saturated heterocycles. The summed E-state index contributed by atoms with van der Waals surface area (Å²) in [6, 6.07) is 9.87. The summed E-state index contributed by atoms with van der Waals surface area (Å²) >= 11 is 0. The van der Waals surface area contributed by atoms with E-state index < -0.39 is 0 Å². The van der Waals surface area contributed by atoms with Crippen molar-refractivity contribution in [2.75, 3.05) is 6.61 Å². The van der Waals surface area contributed by atoms with Crippen molar-refractivity contribution in [1.82, 2.24) is 0 Å². The molecule has 0 fully saturated rings. The Morgan fingerprint density at radius 3 is 2.64 bits per heavy atom. The van der Waals surface area contributed by atoms with Gasteiger partial charge >= 0.3 is 0 Å². The highest BCUT2D eigenvalue weighted by Gasteiger charge is 1.87. The lowest BCUT2D eigenvalue weighted by molar-refractivity contribution is 0.153. The van der Waals surface area contributed by atoms with E-state index in [9.17, 15) is 0 Å². The molecule has 0 aliphatic carbocycles. The maximum Gasteiger partial charge on any atom is 0.109 e. The molecule has 1 aromatic carbocycles. The summed E-state index contributed by atoms with van der Waals surface area (Å²) < 4.78 is 5.07. The summed E-state index contributed by atoms with van der Waals surface area (Å²) in [7, 11) is 0. The van der Waals surface area contributed by atoms with Crippen LogP contribution < -0.4 is 0 Å². The third-order valence-corrected chi connectivity index (χ3v) is 1.29. The summed E-state index contributed by atoms with van der Waals surface area (Å²) in [5, 5.41) is 0. The van der Waals surface area contributed by atoms with Gasteiger partial charge in [-0.3, -0.25) is 0 Å². The van der Waals surface area contributed by atoms with Gasteiger partial charge in [0.1, 0.15) is 6.61 Å². The van der Waals surface area contributed by atoms with E-state index in [2.05, 4.69) is 5.92 Å². The van der Waals surface area contributed by atoms with Gasteiger partial charge in [-0.1, -0.05) is 36.3 Å². The average molecular weight is 145 g/mol. The van der Waals surface area contributed by atoms with E-state index in [1.54, 1.807) is 0 Å². The van der Waals surface area contributed by atoms with Gasteiger partial charge in [-0.25, -0.2) is 0 Å². The van der Waals surface area contributed by atoms with Gasteiger partial charge in [0, 0.05) is 0 Å². The predicted octanol–water partition coefficient (Wildman–Crippen LogP) is 1.79. The number of hydrogen-bond donors (Lipinski definition) is 0. The standard InChI is InChI=1S/C10H9O/c1-2-8-11-9-10-6-4-3-5-7-10/h3-7H,8-9H2. The fourth-order valence-electron chi connectivity index (χ4n) is 0.794. The fourth-order valence-corrected chi connectivity index (χ4v) is 0.794. The molecule has 0 aliphatic rings. The first kappa shape index (κ1) is 7.84. The van der Waals surface area contributed by atoms with Gasteiger partial charge in [0.2, 0.25) is 0 Å². The van der Waals surface area contributed by atoms with Gasteiger partial charge in [-0.2, -0.15) is 0 Å². The van der Waals surface area contributed by atoms with E-state index >= 15 is 0 Å². The molecule has 1 rings (SSSR count). The number of ether oxygens (including phenoxy) is 1. The second-order valence-electron chi connectivity index (χ2n) is 2.16. The van der Waals surface area contributed by atoms with E-state index in [4.69, 9.17) is 11.2 Å². The Morgan fingerprint density at radius 2 is 2.00 bits per heavy atom. The molecule has 0 heterocycles. The summed E-state index contributed by atoms with van der Waals surface area (Å²) in [5.41, 5.74) is 1.13. The summed E-state index contributed by atoms with van der Waals surface area (Å²) in [5.74, 6) is 2.17. The van der Waals surface area contributed by atoms with Crippen LogP contribution in [0.25, 0.3) is 0 Å². The Hall–Kier alpha value is -1.26. The zero-order valence-corrected chi connectivity index (χ0v) is 6.21. The lowest BCUT2D eigenvalue weighted by atomic mass is 10.2. The molecule has 1 radical (unpaired) electrons. The first-order valence-electron chi connectivity index (χ1n) is 3.45. The van der Waals surface area contributed by atoms with Crippen LogP contribution in [0.1, 0.15) is 5.56 Å². The SMILES string of the molecule is [C]#CCOCc1ccccc1. The number of hydrogen-bond acceptors (Lipinski definition) is 1. The van der Waals surface area contributed by atoms with Gasteiger partial charge in [-0.15, -0.1) is 0 Å². The Kier molecular flexibility index (Phi) is 3.24. The second-order valence-corrected chi connectivity index (χ2v) is 2.16. The van der Waals surface area contributed by atoms with Crippen LogP contribution in [0.4, 0.5) is 0 Å². The fraction of sp³-hybridized carbons (Fsp3) is 0.200. The molecule has 1 aromatic rings. The zero-order chi connectivity index (χ0) is 7.94. The molecule has 1 nitrogen and oxygen atoms in total. The molecule has 0 atom stereocenters. The lowest BCUT2D eigenvalue weighted by Crippen LogP contribution is -1.91. The minimum atomic E-state index is 0.273. The smallest absolute Gasteiger partial charge is 0.109 e. The summed E-state index contributed by atoms with van der Waals surface area (Å²) in [6.45, 7) is 0.835. The molecule has 1 heteroatoms. The van der Waals surface area contributed by atoms with Crippen LogP contribution in [0.5, 0.6) is 0 Å². The molecule has 0 aliphatic heterocycles. The van der Waals surface area contributed by atoms with Gasteiger partial charge in [-0.05, 0) is 12.0 Å². The third-order valence-electron chi connectivity index (χ3n) is 1.29. The Bertz CT molecular complexity index is 233. The molecule has 0 amide bonds. The molecule has 0 N–H and O–H groups in total. The van der Waals surface area contributed by atoms with Crippen molar-refractivity contribution in [3.8, 4) is 5.92 Å². The highest BCUT2D eigenvalue weighted by molar-refractivity contribution is 5.13. The van der Waals surface area contributed by atoms with E-state index in [0.29, 0.717) is 6.61 Å². The van der Waals surface area contributed by atoms with Crippen molar-refractivity contribution in [2.45, 2.75) is 6.61 Å². The second kappa shape index (κ2) is 4.54. The maximum atomic E-state index is 6.59. The normalized spacial score (nSPS) is 9.00. The Morgan fingerprint density at radius 1 is 1.27 bits per heavy atom. The van der Waals surface area contributed by atoms with Gasteiger partial charge < -0.3 is 4.74 Å². The molecular formula is C10H9O. The molecule has 55 valence electrons. The van der Waals surface area contributed by atoms with Crippen LogP contribution >= 0.6 is 0 Å². The van der Waals surface area contributed by atoms with Crippen molar-refractivity contribution >= 4 is 0 Å². The van der Waals surface area contributed by atoms with E-state index in [1.165, 1.54) is 0 Å². The van der Waals surface area contributed by atoms with E-state index in [0.717, 1.165) is 5.56 Å². The van der Waals surface area contributed by atoms with E-state index in [1.807, 2.05) is 30.3 Å². The zero-order valence-electron chi connectivity index (χ0n) is 6.21. The molecule has 0 saturated carbocycles. The van der Waals surface area contributed by atoms with Crippen LogP contribution in [-0.2, 0) is 11.3 Å². The van der Waals surface area contributed by atoms with Crippen LogP contribution in [0.2, 0.25) is 0 Å². The Balaban J connectivity index is 2.35. The van der Waals surface area contributed by atoms with Crippen molar-refractivity contribution in [3.05, 3.63) is 42.3 Å². The lowest BCUT2D eigenvalue weighted by Gasteiger charge is -1.98. The molecule has 0 spiro atoms. The summed E-state index contributed by atoms with van der Waals surface area (Å²) in [4.78, 5) is 0. The molecule has 0 aromatic heterocycles. The van der Waals surface area contributed by atoms with Crippen LogP contribution in [-0.4, -0.2) is 6.61 Å². The van der Waals surface area contributed by atoms with Crippen molar-refractivity contribution in [1.29, 1.82) is 0 Å². The monoisotopic (exact) mass is 145 g/mol. The minimum Gasteiger partial charge on any atom is -0.364 e. The summed E-state index contributed by atoms with van der Waals surface area (Å²) in [6.07, 6.45) is 6.59. The van der Waals surface area contributed by atoms with Crippen molar-refractivity contribution in [3.63, 3.8) is 0 Å². The highest BCUT2D eigenvalue weighted by Crippen LogP contribution is 1.99. The van der Waals surface area contributed by atoms with Crippen LogP contribution in [0.15, 0.2) is 30.3 Å². The highest BCUT2D eigenvalue weighted by atomic mass is 16.5. The topological polar surface area (TPSA) is 9.23 Å². The van der Waals surface area contributed by atoms with E-state index in [-0.39, 0.29) is 6.61 Å². The third kappa shape index (κ3) is 2.88. The quantitative estimate of drug-likeness (QED) is 0.465. The molecule has 0 bridgehead atoms. The molecular weight excluding hydrogens is 136 g/mol. The first-order valence-corrected chi connectivity index (χ1v) is 3.45. The Labute approximate surface area is 67.0 Å². The first-order chi connectivity index (χ1) is 5.43. The van der Waals surface area contributed by atoms with Gasteiger partial charge in [0.15, 0.2) is 0 Å². The largest absolute Gasteiger partial charge is 0.364 e. The van der Waals surface area contributed by atoms with Crippen molar-refractivity contribution in [2.24, 2.45) is 0 Å². The molecule has 11 heavy (non-hydrogen) atoms. The van der Waals surface area contributed by atoms with Crippen LogP contribution in [0, 0.1) is 12.3 Å². The average Bonchev–Trinajstić information content (AvgIpc) is 2.07. The number of rotatable bonds is 3. The predicted molar refractivity (Wildman–Crippen MR) is 43.2 cm³/mol.